The second-order valence-electron chi connectivity index (χ2n) is 3.70. The molecule has 0 saturated carbocycles. The molecule has 4 heteroatoms. The quantitative estimate of drug-likeness (QED) is 0.744. The zero-order chi connectivity index (χ0) is 11.8. The Balaban J connectivity index is 2.36. The van der Waals surface area contributed by atoms with E-state index in [2.05, 4.69) is 20.9 Å². The molecule has 0 aliphatic carbocycles. The molecule has 84 valence electrons. The van der Waals surface area contributed by atoms with E-state index in [9.17, 15) is 5.11 Å². The molecule has 0 spiro atoms. The summed E-state index contributed by atoms with van der Waals surface area (Å²) in [7, 11) is 0. The molecule has 2 aromatic heterocycles. The van der Waals surface area contributed by atoms with Crippen LogP contribution in [-0.2, 0) is 0 Å². The number of pyridine rings is 1. The number of rotatable bonds is 1. The Morgan fingerprint density at radius 3 is 2.59 bits per heavy atom. The van der Waals surface area contributed by atoms with Crippen LogP contribution in [0.15, 0.2) is 53.3 Å². The van der Waals surface area contributed by atoms with Gasteiger partial charge in [-0.25, -0.2) is 4.98 Å². The maximum atomic E-state index is 9.82. The molecular formula is C13H9BrN2O. The number of imidazole rings is 1. The van der Waals surface area contributed by atoms with Crippen molar-refractivity contribution in [2.24, 2.45) is 0 Å². The first-order chi connectivity index (χ1) is 8.27. The number of hydrogen-bond donors (Lipinski definition) is 1. The first-order valence-corrected chi connectivity index (χ1v) is 5.97. The van der Waals surface area contributed by atoms with E-state index in [4.69, 9.17) is 0 Å². The van der Waals surface area contributed by atoms with Crippen LogP contribution in [0.2, 0.25) is 0 Å². The van der Waals surface area contributed by atoms with Crippen molar-refractivity contribution in [3.05, 3.63) is 53.3 Å². The summed E-state index contributed by atoms with van der Waals surface area (Å²) in [5.41, 5.74) is 1.70. The fourth-order valence-electron chi connectivity index (χ4n) is 1.87. The molecule has 3 rings (SSSR count). The molecule has 0 bridgehead atoms. The summed E-state index contributed by atoms with van der Waals surface area (Å²) in [5, 5.41) is 9.82. The highest BCUT2D eigenvalue weighted by Gasteiger charge is 2.13. The van der Waals surface area contributed by atoms with Crippen molar-refractivity contribution in [2.45, 2.75) is 0 Å². The van der Waals surface area contributed by atoms with Crippen LogP contribution in [0.1, 0.15) is 0 Å². The highest BCUT2D eigenvalue weighted by molar-refractivity contribution is 9.10. The lowest BCUT2D eigenvalue weighted by Gasteiger charge is -2.01. The summed E-state index contributed by atoms with van der Waals surface area (Å²) in [6, 6.07) is 13.3. The van der Waals surface area contributed by atoms with Crippen LogP contribution < -0.4 is 0 Å². The van der Waals surface area contributed by atoms with Crippen LogP contribution in [-0.4, -0.2) is 14.5 Å². The van der Waals surface area contributed by atoms with E-state index < -0.39 is 0 Å². The molecule has 0 amide bonds. The van der Waals surface area contributed by atoms with Gasteiger partial charge in [0.2, 0.25) is 0 Å². The second-order valence-corrected chi connectivity index (χ2v) is 4.46. The average Bonchev–Trinajstić information content (AvgIpc) is 2.69. The van der Waals surface area contributed by atoms with E-state index in [0.717, 1.165) is 11.4 Å². The summed E-state index contributed by atoms with van der Waals surface area (Å²) in [4.78, 5) is 4.44. The van der Waals surface area contributed by atoms with E-state index in [1.807, 2.05) is 40.9 Å². The lowest BCUT2D eigenvalue weighted by molar-refractivity contribution is 0.479. The molecule has 0 fully saturated rings. The lowest BCUT2D eigenvalue weighted by atomic mass is 10.2. The smallest absolute Gasteiger partial charge is 0.146 e. The van der Waals surface area contributed by atoms with Crippen molar-refractivity contribution in [2.75, 3.05) is 0 Å². The third kappa shape index (κ3) is 1.61. The monoisotopic (exact) mass is 288 g/mol. The van der Waals surface area contributed by atoms with Crippen molar-refractivity contribution in [1.82, 2.24) is 9.38 Å². The summed E-state index contributed by atoms with van der Waals surface area (Å²) < 4.78 is 2.52. The molecule has 0 radical (unpaired) electrons. The average molecular weight is 289 g/mol. The third-order valence-corrected chi connectivity index (χ3v) is 3.19. The van der Waals surface area contributed by atoms with Crippen LogP contribution in [0.25, 0.3) is 16.9 Å². The number of benzene rings is 1. The van der Waals surface area contributed by atoms with Crippen molar-refractivity contribution in [3.8, 4) is 17.1 Å². The Hall–Kier alpha value is -1.81. The van der Waals surface area contributed by atoms with Crippen molar-refractivity contribution in [3.63, 3.8) is 0 Å². The minimum absolute atomic E-state index is 0.217. The molecule has 0 unspecified atom stereocenters. The van der Waals surface area contributed by atoms with Crippen LogP contribution in [0.3, 0.4) is 0 Å². The lowest BCUT2D eigenvalue weighted by Crippen LogP contribution is -1.88. The largest absolute Gasteiger partial charge is 0.506 e. The summed E-state index contributed by atoms with van der Waals surface area (Å²) in [5.74, 6) is 1.03. The van der Waals surface area contributed by atoms with Gasteiger partial charge in [-0.05, 0) is 28.1 Å². The van der Waals surface area contributed by atoms with E-state index in [0.29, 0.717) is 10.1 Å². The minimum atomic E-state index is 0.217. The highest BCUT2D eigenvalue weighted by Crippen LogP contribution is 2.30. The predicted molar refractivity (Wildman–Crippen MR) is 70.0 cm³/mol. The fraction of sp³-hybridized carbons (Fsp3) is 0. The van der Waals surface area contributed by atoms with Crippen molar-refractivity contribution < 1.29 is 5.11 Å². The van der Waals surface area contributed by atoms with Gasteiger partial charge in [-0.1, -0.05) is 30.3 Å². The first-order valence-electron chi connectivity index (χ1n) is 5.18. The maximum absolute atomic E-state index is 9.82. The van der Waals surface area contributed by atoms with Gasteiger partial charge in [-0.15, -0.1) is 0 Å². The van der Waals surface area contributed by atoms with Crippen LogP contribution in [0.5, 0.6) is 5.75 Å². The van der Waals surface area contributed by atoms with Crippen molar-refractivity contribution >= 4 is 21.4 Å². The highest BCUT2D eigenvalue weighted by atomic mass is 79.9. The molecule has 0 saturated heterocycles. The number of aromatic hydroxyl groups is 1. The van der Waals surface area contributed by atoms with Gasteiger partial charge in [0.15, 0.2) is 0 Å². The van der Waals surface area contributed by atoms with Gasteiger partial charge in [-0.3, -0.25) is 4.40 Å². The van der Waals surface area contributed by atoms with Crippen LogP contribution in [0, 0.1) is 0 Å². The Morgan fingerprint density at radius 1 is 1.06 bits per heavy atom. The number of fused-ring (bicyclic) bond motifs is 1. The molecular weight excluding hydrogens is 280 g/mol. The predicted octanol–water partition coefficient (Wildman–Crippen LogP) is 3.47. The first kappa shape index (κ1) is 10.4. The second kappa shape index (κ2) is 3.89. The molecule has 1 N–H and O–H groups in total. The fourth-order valence-corrected chi connectivity index (χ4v) is 2.43. The van der Waals surface area contributed by atoms with Gasteiger partial charge < -0.3 is 5.11 Å². The molecule has 1 aromatic carbocycles. The standard InChI is InChI=1S/C13H9BrN2O/c14-12-11-10(17)7-4-8-16(11)13(15-12)9-5-2-1-3-6-9/h1-8,17H. The summed E-state index contributed by atoms with van der Waals surface area (Å²) in [6.07, 6.45) is 1.88. The van der Waals surface area contributed by atoms with Gasteiger partial charge in [0.1, 0.15) is 21.7 Å². The van der Waals surface area contributed by atoms with E-state index in [-0.39, 0.29) is 5.75 Å². The zero-order valence-electron chi connectivity index (χ0n) is 8.84. The van der Waals surface area contributed by atoms with Gasteiger partial charge in [-0.2, -0.15) is 0 Å². The third-order valence-electron chi connectivity index (χ3n) is 2.63. The Labute approximate surface area is 106 Å². The van der Waals surface area contributed by atoms with Crippen LogP contribution in [0.4, 0.5) is 0 Å². The molecule has 3 aromatic rings. The van der Waals surface area contributed by atoms with Gasteiger partial charge in [0, 0.05) is 11.8 Å². The summed E-state index contributed by atoms with van der Waals surface area (Å²) in [6.45, 7) is 0. The van der Waals surface area contributed by atoms with Gasteiger partial charge in [0.05, 0.1) is 0 Å². The molecule has 0 atom stereocenters. The van der Waals surface area contributed by atoms with E-state index >= 15 is 0 Å². The topological polar surface area (TPSA) is 37.5 Å². The molecule has 2 heterocycles. The molecule has 17 heavy (non-hydrogen) atoms. The molecule has 0 aliphatic heterocycles. The Morgan fingerprint density at radius 2 is 1.82 bits per heavy atom. The summed E-state index contributed by atoms with van der Waals surface area (Å²) >= 11 is 3.37. The minimum Gasteiger partial charge on any atom is -0.506 e. The number of aromatic nitrogens is 2. The van der Waals surface area contributed by atoms with E-state index in [1.54, 1.807) is 12.1 Å². The molecule has 3 nitrogen and oxygen atoms in total. The SMILES string of the molecule is Oc1cccn2c(-c3ccccc3)nc(Br)c12. The number of nitrogens with zero attached hydrogens (tertiary/aromatic N) is 2. The maximum Gasteiger partial charge on any atom is 0.146 e. The molecule has 0 aliphatic rings. The number of hydrogen-bond acceptors (Lipinski definition) is 2. The number of halogens is 1. The Kier molecular flexibility index (Phi) is 2.37. The van der Waals surface area contributed by atoms with Crippen molar-refractivity contribution in [1.29, 1.82) is 0 Å². The zero-order valence-corrected chi connectivity index (χ0v) is 10.4. The Bertz CT molecular complexity index is 676. The van der Waals surface area contributed by atoms with Crippen LogP contribution >= 0.6 is 15.9 Å². The normalized spacial score (nSPS) is 10.9. The van der Waals surface area contributed by atoms with Gasteiger partial charge in [0.25, 0.3) is 0 Å². The van der Waals surface area contributed by atoms with Gasteiger partial charge >= 0.3 is 0 Å². The van der Waals surface area contributed by atoms with E-state index in [1.165, 1.54) is 0 Å².